The summed E-state index contributed by atoms with van der Waals surface area (Å²) in [5, 5.41) is 9.62. The lowest BCUT2D eigenvalue weighted by Crippen LogP contribution is -2.05. The Hall–Kier alpha value is -2.01. The van der Waals surface area contributed by atoms with Gasteiger partial charge in [-0.1, -0.05) is 17.7 Å². The summed E-state index contributed by atoms with van der Waals surface area (Å²) in [6, 6.07) is 5.51. The predicted molar refractivity (Wildman–Crippen MR) is 72.8 cm³/mol. The number of hydrogen-bond donors (Lipinski definition) is 1. The standard InChI is InChI=1S/C13H12ClN3O2/c1-7-10(6-11(18)19)17-9-5-3-4-8(14)12(9)15-13(17)16(7)2/h3-5H,6H2,1-2H3,(H,18,19). The minimum absolute atomic E-state index is 0.0405. The number of halogens is 1. The lowest BCUT2D eigenvalue weighted by Gasteiger charge is -2.00. The van der Waals surface area contributed by atoms with Gasteiger partial charge in [-0.15, -0.1) is 0 Å². The molecule has 2 aromatic heterocycles. The zero-order valence-corrected chi connectivity index (χ0v) is 11.3. The van der Waals surface area contributed by atoms with E-state index >= 15 is 0 Å². The monoisotopic (exact) mass is 277 g/mol. The number of hydrogen-bond acceptors (Lipinski definition) is 2. The molecule has 0 aliphatic heterocycles. The van der Waals surface area contributed by atoms with Crippen molar-refractivity contribution < 1.29 is 9.90 Å². The molecule has 2 heterocycles. The van der Waals surface area contributed by atoms with Crippen LogP contribution >= 0.6 is 11.6 Å². The Balaban J connectivity index is 2.47. The molecule has 0 radical (unpaired) electrons. The van der Waals surface area contributed by atoms with Crippen LogP contribution in [0.3, 0.4) is 0 Å². The average molecular weight is 278 g/mol. The molecule has 0 spiro atoms. The third-order valence-electron chi connectivity index (χ3n) is 3.43. The van der Waals surface area contributed by atoms with Crippen LogP contribution in [-0.2, 0) is 18.3 Å². The van der Waals surface area contributed by atoms with E-state index in [1.807, 2.05) is 35.1 Å². The van der Waals surface area contributed by atoms with Crippen LogP contribution in [0, 0.1) is 6.92 Å². The van der Waals surface area contributed by atoms with Gasteiger partial charge in [-0.2, -0.15) is 0 Å². The molecule has 6 heteroatoms. The SMILES string of the molecule is Cc1c(CC(=O)O)n2c3cccc(Cl)c3nc2n1C. The number of aromatic nitrogens is 3. The molecule has 0 aliphatic carbocycles. The molecule has 0 saturated carbocycles. The number of imidazole rings is 2. The van der Waals surface area contributed by atoms with Gasteiger partial charge >= 0.3 is 5.97 Å². The van der Waals surface area contributed by atoms with Gasteiger partial charge in [0.05, 0.1) is 22.7 Å². The maximum absolute atomic E-state index is 11.0. The van der Waals surface area contributed by atoms with E-state index in [9.17, 15) is 4.79 Å². The number of nitrogens with zero attached hydrogens (tertiary/aromatic N) is 3. The van der Waals surface area contributed by atoms with Crippen molar-refractivity contribution in [3.63, 3.8) is 0 Å². The number of benzene rings is 1. The van der Waals surface area contributed by atoms with E-state index in [-0.39, 0.29) is 6.42 Å². The third-order valence-corrected chi connectivity index (χ3v) is 3.73. The summed E-state index contributed by atoms with van der Waals surface area (Å²) in [4.78, 5) is 15.5. The fraction of sp³-hybridized carbons (Fsp3) is 0.231. The lowest BCUT2D eigenvalue weighted by atomic mass is 10.2. The first kappa shape index (κ1) is 12.0. The van der Waals surface area contributed by atoms with E-state index in [1.54, 1.807) is 6.07 Å². The second-order valence-electron chi connectivity index (χ2n) is 4.52. The van der Waals surface area contributed by atoms with Crippen molar-refractivity contribution in [2.24, 2.45) is 7.05 Å². The van der Waals surface area contributed by atoms with E-state index < -0.39 is 5.97 Å². The molecule has 0 unspecified atom stereocenters. The van der Waals surface area contributed by atoms with E-state index in [2.05, 4.69) is 4.98 Å². The summed E-state index contributed by atoms with van der Waals surface area (Å²) in [5.74, 6) is -0.156. The number of carbonyl (C=O) groups is 1. The fourth-order valence-corrected chi connectivity index (χ4v) is 2.61. The first-order chi connectivity index (χ1) is 9.00. The molecule has 19 heavy (non-hydrogen) atoms. The molecule has 3 aromatic rings. The van der Waals surface area contributed by atoms with Crippen molar-refractivity contribution in [3.05, 3.63) is 34.6 Å². The lowest BCUT2D eigenvalue weighted by molar-refractivity contribution is -0.136. The van der Waals surface area contributed by atoms with Gasteiger partial charge < -0.3 is 9.67 Å². The number of fused-ring (bicyclic) bond motifs is 3. The fourth-order valence-electron chi connectivity index (χ4n) is 2.40. The molecule has 0 atom stereocenters. The number of aliphatic carboxylic acids is 1. The van der Waals surface area contributed by atoms with Crippen molar-refractivity contribution in [2.45, 2.75) is 13.3 Å². The highest BCUT2D eigenvalue weighted by atomic mass is 35.5. The Kier molecular flexibility index (Phi) is 2.53. The van der Waals surface area contributed by atoms with Crippen molar-refractivity contribution >= 4 is 34.4 Å². The minimum Gasteiger partial charge on any atom is -0.481 e. The summed E-state index contributed by atoms with van der Waals surface area (Å²) in [5.41, 5.74) is 3.16. The highest BCUT2D eigenvalue weighted by molar-refractivity contribution is 6.35. The molecule has 0 amide bonds. The van der Waals surface area contributed by atoms with E-state index in [0.717, 1.165) is 16.9 Å². The summed E-state index contributed by atoms with van der Waals surface area (Å²) < 4.78 is 3.75. The molecule has 0 aliphatic rings. The van der Waals surface area contributed by atoms with Crippen LogP contribution in [0.15, 0.2) is 18.2 Å². The van der Waals surface area contributed by atoms with Crippen molar-refractivity contribution in [2.75, 3.05) is 0 Å². The van der Waals surface area contributed by atoms with Crippen LogP contribution in [0.25, 0.3) is 16.8 Å². The van der Waals surface area contributed by atoms with E-state index in [1.165, 1.54) is 0 Å². The average Bonchev–Trinajstić information content (AvgIpc) is 2.83. The quantitative estimate of drug-likeness (QED) is 0.782. The highest BCUT2D eigenvalue weighted by Crippen LogP contribution is 2.27. The molecule has 0 fully saturated rings. The largest absolute Gasteiger partial charge is 0.481 e. The van der Waals surface area contributed by atoms with Crippen LogP contribution in [0.5, 0.6) is 0 Å². The normalized spacial score (nSPS) is 11.5. The third kappa shape index (κ3) is 1.62. The Morgan fingerprint density at radius 2 is 2.21 bits per heavy atom. The summed E-state index contributed by atoms with van der Waals surface area (Å²) in [6.45, 7) is 1.89. The van der Waals surface area contributed by atoms with E-state index in [4.69, 9.17) is 16.7 Å². The highest BCUT2D eigenvalue weighted by Gasteiger charge is 2.19. The molecule has 0 saturated heterocycles. The molecule has 3 rings (SSSR count). The van der Waals surface area contributed by atoms with Crippen molar-refractivity contribution in [1.29, 1.82) is 0 Å². The smallest absolute Gasteiger partial charge is 0.309 e. The first-order valence-electron chi connectivity index (χ1n) is 5.83. The van der Waals surface area contributed by atoms with Crippen LogP contribution in [-0.4, -0.2) is 25.0 Å². The number of carboxylic acid groups (broad SMARTS) is 1. The second kappa shape index (κ2) is 3.99. The van der Waals surface area contributed by atoms with Crippen LogP contribution < -0.4 is 0 Å². The zero-order valence-electron chi connectivity index (χ0n) is 10.5. The van der Waals surface area contributed by atoms with Gasteiger partial charge in [0.2, 0.25) is 5.78 Å². The van der Waals surface area contributed by atoms with Gasteiger partial charge in [-0.25, -0.2) is 4.98 Å². The molecule has 98 valence electrons. The maximum Gasteiger partial charge on any atom is 0.309 e. The zero-order chi connectivity index (χ0) is 13.7. The van der Waals surface area contributed by atoms with Crippen LogP contribution in [0.4, 0.5) is 0 Å². The summed E-state index contributed by atoms with van der Waals surface area (Å²) in [6.07, 6.45) is -0.0405. The second-order valence-corrected chi connectivity index (χ2v) is 4.92. The molecule has 0 bridgehead atoms. The van der Waals surface area contributed by atoms with Gasteiger partial charge in [0, 0.05) is 12.7 Å². The number of aryl methyl sites for hydroxylation is 1. The maximum atomic E-state index is 11.0. The Morgan fingerprint density at radius 3 is 2.89 bits per heavy atom. The summed E-state index contributed by atoms with van der Waals surface area (Å²) >= 11 is 6.13. The number of rotatable bonds is 2. The van der Waals surface area contributed by atoms with Gasteiger partial charge in [-0.3, -0.25) is 9.20 Å². The number of para-hydroxylation sites is 1. The molecular formula is C13H12ClN3O2. The van der Waals surface area contributed by atoms with E-state index in [0.29, 0.717) is 16.3 Å². The van der Waals surface area contributed by atoms with Crippen molar-refractivity contribution in [3.8, 4) is 0 Å². The molecule has 5 nitrogen and oxygen atoms in total. The van der Waals surface area contributed by atoms with Crippen LogP contribution in [0.1, 0.15) is 11.4 Å². The first-order valence-corrected chi connectivity index (χ1v) is 6.21. The van der Waals surface area contributed by atoms with Crippen molar-refractivity contribution in [1.82, 2.24) is 14.0 Å². The Labute approximate surface area is 114 Å². The minimum atomic E-state index is -0.862. The molecule has 1 N–H and O–H groups in total. The van der Waals surface area contributed by atoms with Gasteiger partial charge in [0.25, 0.3) is 0 Å². The topological polar surface area (TPSA) is 59.5 Å². The predicted octanol–water partition coefficient (Wildman–Crippen LogP) is 2.41. The van der Waals surface area contributed by atoms with Gasteiger partial charge in [0.1, 0.15) is 5.52 Å². The Morgan fingerprint density at radius 1 is 1.47 bits per heavy atom. The van der Waals surface area contributed by atoms with Gasteiger partial charge in [-0.05, 0) is 19.1 Å². The molecule has 1 aromatic carbocycles. The Bertz CT molecular complexity index is 816. The molecular weight excluding hydrogens is 266 g/mol. The van der Waals surface area contributed by atoms with Gasteiger partial charge in [0.15, 0.2) is 0 Å². The summed E-state index contributed by atoms with van der Waals surface area (Å²) in [7, 11) is 1.87. The number of carboxylic acids is 1. The van der Waals surface area contributed by atoms with Crippen LogP contribution in [0.2, 0.25) is 5.02 Å².